The molecule has 2 aliphatic carbocycles. The highest BCUT2D eigenvalue weighted by Crippen LogP contribution is 2.62. The second-order valence-corrected chi connectivity index (χ2v) is 12.2. The van der Waals surface area contributed by atoms with Crippen LogP contribution in [0.15, 0.2) is 133 Å². The molecular weight excluding hydrogens is 510 g/mol. The van der Waals surface area contributed by atoms with Crippen LogP contribution in [0.2, 0.25) is 0 Å². The van der Waals surface area contributed by atoms with Crippen LogP contribution in [0.3, 0.4) is 0 Å². The highest BCUT2D eigenvalue weighted by atomic mass is 16.5. The lowest BCUT2D eigenvalue weighted by molar-refractivity contribution is 0.436. The van der Waals surface area contributed by atoms with Gasteiger partial charge in [0.15, 0.2) is 0 Å². The van der Waals surface area contributed by atoms with Crippen LogP contribution in [0.5, 0.6) is 11.5 Å². The first-order chi connectivity index (χ1) is 20.6. The summed E-state index contributed by atoms with van der Waals surface area (Å²) in [6.45, 7) is 4.64. The molecule has 6 aromatic carbocycles. The summed E-state index contributed by atoms with van der Waals surface area (Å²) in [5, 5.41) is 3.76. The van der Waals surface area contributed by atoms with E-state index in [1.165, 1.54) is 50.1 Å². The fourth-order valence-electron chi connectivity index (χ4n) is 7.90. The number of hydrogen-bond acceptors (Lipinski definition) is 2. The van der Waals surface area contributed by atoms with Crippen LogP contribution >= 0.6 is 0 Å². The predicted molar refractivity (Wildman–Crippen MR) is 171 cm³/mol. The van der Waals surface area contributed by atoms with E-state index in [0.717, 1.165) is 28.4 Å². The molecule has 0 unspecified atom stereocenters. The van der Waals surface area contributed by atoms with E-state index >= 15 is 0 Å². The summed E-state index contributed by atoms with van der Waals surface area (Å²) >= 11 is 0. The molecular formula is C40H29NO. The number of nitrogens with one attached hydrogen (secondary N) is 1. The van der Waals surface area contributed by atoms with Crippen molar-refractivity contribution in [1.29, 1.82) is 0 Å². The van der Waals surface area contributed by atoms with E-state index < -0.39 is 5.41 Å². The molecule has 3 aliphatic rings. The van der Waals surface area contributed by atoms with E-state index in [9.17, 15) is 0 Å². The maximum absolute atomic E-state index is 6.59. The summed E-state index contributed by atoms with van der Waals surface area (Å²) in [6, 6.07) is 48.4. The molecule has 0 aromatic heterocycles. The number of fused-ring (bicyclic) bond motifs is 12. The van der Waals surface area contributed by atoms with Gasteiger partial charge in [0.1, 0.15) is 11.5 Å². The van der Waals surface area contributed by atoms with Crippen LogP contribution in [0, 0.1) is 0 Å². The van der Waals surface area contributed by atoms with Gasteiger partial charge in [-0.15, -0.1) is 0 Å². The summed E-state index contributed by atoms with van der Waals surface area (Å²) in [6.07, 6.45) is 0. The van der Waals surface area contributed by atoms with Crippen LogP contribution in [-0.4, -0.2) is 0 Å². The fourth-order valence-corrected chi connectivity index (χ4v) is 7.90. The normalized spacial score (nSPS) is 15.5. The van der Waals surface area contributed by atoms with Crippen molar-refractivity contribution in [3.05, 3.63) is 167 Å². The molecule has 0 fully saturated rings. The number of ether oxygens (including phenoxy) is 1. The third-order valence-corrected chi connectivity index (χ3v) is 9.72. The van der Waals surface area contributed by atoms with Gasteiger partial charge in [-0.25, -0.2) is 0 Å². The first-order valence-corrected chi connectivity index (χ1v) is 14.7. The number of anilines is 2. The van der Waals surface area contributed by atoms with Crippen molar-refractivity contribution in [2.45, 2.75) is 24.7 Å². The van der Waals surface area contributed by atoms with Crippen LogP contribution in [0.1, 0.15) is 47.2 Å². The van der Waals surface area contributed by atoms with Crippen molar-refractivity contribution in [3.63, 3.8) is 0 Å². The Hall–Kier alpha value is -5.08. The van der Waals surface area contributed by atoms with E-state index in [-0.39, 0.29) is 5.41 Å². The number of rotatable bonds is 2. The van der Waals surface area contributed by atoms with Crippen molar-refractivity contribution in [2.24, 2.45) is 0 Å². The molecule has 1 spiro atoms. The smallest absolute Gasteiger partial charge is 0.132 e. The predicted octanol–water partition coefficient (Wildman–Crippen LogP) is 10.2. The van der Waals surface area contributed by atoms with E-state index in [2.05, 4.69) is 153 Å². The highest BCUT2D eigenvalue weighted by molar-refractivity contribution is 5.89. The topological polar surface area (TPSA) is 21.3 Å². The van der Waals surface area contributed by atoms with Gasteiger partial charge in [-0.3, -0.25) is 0 Å². The minimum absolute atomic E-state index is 0.00333. The fraction of sp³-hybridized carbons (Fsp3) is 0.100. The summed E-state index contributed by atoms with van der Waals surface area (Å²) in [5.74, 6) is 1.81. The Kier molecular flexibility index (Phi) is 4.63. The van der Waals surface area contributed by atoms with Crippen molar-refractivity contribution >= 4 is 11.4 Å². The van der Waals surface area contributed by atoms with Crippen LogP contribution < -0.4 is 10.1 Å². The first-order valence-electron chi connectivity index (χ1n) is 14.7. The van der Waals surface area contributed by atoms with E-state index in [1.807, 2.05) is 0 Å². The Morgan fingerprint density at radius 2 is 0.929 bits per heavy atom. The Labute approximate surface area is 246 Å². The second kappa shape index (κ2) is 8.24. The maximum atomic E-state index is 6.59. The summed E-state index contributed by atoms with van der Waals surface area (Å²) in [7, 11) is 0. The van der Waals surface area contributed by atoms with Crippen LogP contribution in [0.25, 0.3) is 22.3 Å². The maximum Gasteiger partial charge on any atom is 0.132 e. The lowest BCUT2D eigenvalue weighted by atomic mass is 9.66. The van der Waals surface area contributed by atoms with Crippen molar-refractivity contribution in [3.8, 4) is 33.8 Å². The van der Waals surface area contributed by atoms with Gasteiger partial charge in [0.05, 0.1) is 5.41 Å². The zero-order valence-corrected chi connectivity index (χ0v) is 23.6. The molecule has 1 aliphatic heterocycles. The Morgan fingerprint density at radius 1 is 0.429 bits per heavy atom. The van der Waals surface area contributed by atoms with Gasteiger partial charge >= 0.3 is 0 Å². The Bertz CT molecular complexity index is 2040. The van der Waals surface area contributed by atoms with Crippen molar-refractivity contribution < 1.29 is 4.74 Å². The lowest BCUT2D eigenvalue weighted by Gasteiger charge is -2.39. The van der Waals surface area contributed by atoms with Gasteiger partial charge in [0.2, 0.25) is 0 Å². The monoisotopic (exact) mass is 539 g/mol. The van der Waals surface area contributed by atoms with Gasteiger partial charge < -0.3 is 10.1 Å². The van der Waals surface area contributed by atoms with Crippen LogP contribution in [-0.2, 0) is 10.8 Å². The Morgan fingerprint density at radius 3 is 1.64 bits per heavy atom. The molecule has 1 N–H and O–H groups in total. The molecule has 42 heavy (non-hydrogen) atoms. The number of hydrogen-bond donors (Lipinski definition) is 1. The molecule has 9 rings (SSSR count). The standard InChI is InChI=1S/C40H29NO/c1-39(2)31-14-6-3-13-29(31)30-23-25(19-21-32(30)39)41-26-20-22-38-36(24-26)40(35-17-9-10-18-37(35)42-38)33-15-7-4-11-27(33)28-12-5-8-16-34(28)40/h3-24,41H,1-2H3. The van der Waals surface area contributed by atoms with E-state index in [1.54, 1.807) is 0 Å². The minimum atomic E-state index is -0.462. The average Bonchev–Trinajstić information content (AvgIpc) is 3.44. The third kappa shape index (κ3) is 2.94. The highest BCUT2D eigenvalue weighted by Gasteiger charge is 2.51. The van der Waals surface area contributed by atoms with Gasteiger partial charge in [-0.05, 0) is 80.9 Å². The second-order valence-electron chi connectivity index (χ2n) is 12.2. The first kappa shape index (κ1) is 23.6. The molecule has 0 amide bonds. The molecule has 1 heterocycles. The van der Waals surface area contributed by atoms with Crippen molar-refractivity contribution in [1.82, 2.24) is 0 Å². The molecule has 0 saturated heterocycles. The summed E-state index contributed by atoms with van der Waals surface area (Å²) in [5.41, 5.74) is 14.6. The van der Waals surface area contributed by atoms with Crippen LogP contribution in [0.4, 0.5) is 11.4 Å². The quantitative estimate of drug-likeness (QED) is 0.236. The Balaban J connectivity index is 1.23. The third-order valence-electron chi connectivity index (χ3n) is 9.72. The summed E-state index contributed by atoms with van der Waals surface area (Å²) in [4.78, 5) is 0. The molecule has 0 atom stereocenters. The zero-order chi connectivity index (χ0) is 28.1. The molecule has 2 heteroatoms. The zero-order valence-electron chi connectivity index (χ0n) is 23.6. The molecule has 6 aromatic rings. The molecule has 0 radical (unpaired) electrons. The van der Waals surface area contributed by atoms with E-state index in [0.29, 0.717) is 0 Å². The molecule has 200 valence electrons. The SMILES string of the molecule is CC1(C)c2ccccc2-c2cc(Nc3ccc4c(c3)C3(c5ccccc5O4)c4ccccc4-c4ccccc43)ccc21. The minimum Gasteiger partial charge on any atom is -0.457 e. The molecule has 2 nitrogen and oxygen atoms in total. The van der Waals surface area contributed by atoms with Gasteiger partial charge in [0.25, 0.3) is 0 Å². The number of para-hydroxylation sites is 1. The summed E-state index contributed by atoms with van der Waals surface area (Å²) < 4.78 is 6.59. The molecule has 0 bridgehead atoms. The van der Waals surface area contributed by atoms with Gasteiger partial charge in [0, 0.05) is 27.9 Å². The largest absolute Gasteiger partial charge is 0.457 e. The van der Waals surface area contributed by atoms with Gasteiger partial charge in [-0.2, -0.15) is 0 Å². The lowest BCUT2D eigenvalue weighted by Crippen LogP contribution is -2.32. The number of benzene rings is 6. The van der Waals surface area contributed by atoms with E-state index in [4.69, 9.17) is 4.74 Å². The van der Waals surface area contributed by atoms with Crippen molar-refractivity contribution in [2.75, 3.05) is 5.32 Å². The molecule has 0 saturated carbocycles. The average molecular weight is 540 g/mol. The van der Waals surface area contributed by atoms with Gasteiger partial charge in [-0.1, -0.05) is 111 Å².